The third kappa shape index (κ3) is 3.74. The molecule has 2 fully saturated rings. The summed E-state index contributed by atoms with van der Waals surface area (Å²) in [5.74, 6) is 2.83. The lowest BCUT2D eigenvalue weighted by atomic mass is 10.0. The lowest BCUT2D eigenvalue weighted by Gasteiger charge is -2.25. The fraction of sp³-hybridized carbons (Fsp3) is 1.00. The van der Waals surface area contributed by atoms with Crippen molar-refractivity contribution in [2.24, 2.45) is 17.8 Å². The molecule has 16 heavy (non-hydrogen) atoms. The van der Waals surface area contributed by atoms with Crippen molar-refractivity contribution >= 4 is 0 Å². The zero-order chi connectivity index (χ0) is 11.5. The molecule has 1 saturated carbocycles. The molecule has 2 aliphatic rings. The molecule has 2 nitrogen and oxygen atoms in total. The predicted molar refractivity (Wildman–Crippen MR) is 69.6 cm³/mol. The standard InChI is InChI=1S/C14H28N2/c1-11(2)7-14-10-16(6-4-5-15-14)9-13-8-12(13)3/h11-15H,4-10H2,1-3H3. The van der Waals surface area contributed by atoms with Crippen molar-refractivity contribution in [3.63, 3.8) is 0 Å². The average Bonchev–Trinajstić information content (AvgIpc) is 2.91. The Kier molecular flexibility index (Phi) is 4.26. The van der Waals surface area contributed by atoms with Crippen LogP contribution >= 0.6 is 0 Å². The molecule has 1 aliphatic carbocycles. The van der Waals surface area contributed by atoms with Crippen LogP contribution in [0.5, 0.6) is 0 Å². The van der Waals surface area contributed by atoms with Crippen LogP contribution in [0.1, 0.15) is 40.0 Å². The Labute approximate surface area is 101 Å². The maximum absolute atomic E-state index is 3.71. The summed E-state index contributed by atoms with van der Waals surface area (Å²) in [7, 11) is 0. The Balaban J connectivity index is 1.78. The summed E-state index contributed by atoms with van der Waals surface area (Å²) in [5, 5.41) is 3.71. The van der Waals surface area contributed by atoms with E-state index in [0.717, 1.165) is 23.8 Å². The Morgan fingerprint density at radius 3 is 2.75 bits per heavy atom. The van der Waals surface area contributed by atoms with Crippen LogP contribution in [-0.4, -0.2) is 37.1 Å². The predicted octanol–water partition coefficient (Wildman–Crippen LogP) is 2.35. The van der Waals surface area contributed by atoms with Gasteiger partial charge in [0.15, 0.2) is 0 Å². The van der Waals surface area contributed by atoms with Crippen molar-refractivity contribution in [1.82, 2.24) is 10.2 Å². The van der Waals surface area contributed by atoms with Gasteiger partial charge in [-0.05, 0) is 50.1 Å². The van der Waals surface area contributed by atoms with Crippen molar-refractivity contribution < 1.29 is 0 Å². The molecule has 0 aromatic carbocycles. The Bertz CT molecular complexity index is 215. The highest BCUT2D eigenvalue weighted by Crippen LogP contribution is 2.38. The van der Waals surface area contributed by atoms with Gasteiger partial charge in [-0.1, -0.05) is 20.8 Å². The van der Waals surface area contributed by atoms with Gasteiger partial charge in [0.25, 0.3) is 0 Å². The quantitative estimate of drug-likeness (QED) is 0.788. The van der Waals surface area contributed by atoms with E-state index < -0.39 is 0 Å². The summed E-state index contributed by atoms with van der Waals surface area (Å²) in [4.78, 5) is 2.71. The van der Waals surface area contributed by atoms with Crippen molar-refractivity contribution in [2.45, 2.75) is 46.1 Å². The summed E-state index contributed by atoms with van der Waals surface area (Å²) in [6.45, 7) is 12.2. The molecule has 0 aromatic rings. The highest BCUT2D eigenvalue weighted by Gasteiger charge is 2.34. The van der Waals surface area contributed by atoms with Gasteiger partial charge in [0.05, 0.1) is 0 Å². The van der Waals surface area contributed by atoms with Gasteiger partial charge in [-0.2, -0.15) is 0 Å². The van der Waals surface area contributed by atoms with Crippen LogP contribution in [0.15, 0.2) is 0 Å². The maximum atomic E-state index is 3.71. The molecule has 3 atom stereocenters. The zero-order valence-corrected chi connectivity index (χ0v) is 11.2. The maximum Gasteiger partial charge on any atom is 0.0197 e. The van der Waals surface area contributed by atoms with Gasteiger partial charge in [-0.3, -0.25) is 0 Å². The molecule has 0 bridgehead atoms. The van der Waals surface area contributed by atoms with E-state index in [2.05, 4.69) is 31.0 Å². The van der Waals surface area contributed by atoms with Crippen LogP contribution in [0.25, 0.3) is 0 Å². The summed E-state index contributed by atoms with van der Waals surface area (Å²) in [5.41, 5.74) is 0. The molecule has 0 radical (unpaired) electrons. The fourth-order valence-corrected chi connectivity index (χ4v) is 2.95. The summed E-state index contributed by atoms with van der Waals surface area (Å²) in [6, 6.07) is 0.733. The smallest absolute Gasteiger partial charge is 0.0197 e. The molecular weight excluding hydrogens is 196 g/mol. The van der Waals surface area contributed by atoms with Gasteiger partial charge in [0.2, 0.25) is 0 Å². The van der Waals surface area contributed by atoms with Crippen molar-refractivity contribution in [3.8, 4) is 0 Å². The molecule has 1 saturated heterocycles. The third-order valence-electron chi connectivity index (χ3n) is 4.09. The van der Waals surface area contributed by atoms with E-state index in [4.69, 9.17) is 0 Å². The minimum Gasteiger partial charge on any atom is -0.313 e. The van der Waals surface area contributed by atoms with E-state index in [-0.39, 0.29) is 0 Å². The molecular formula is C14H28N2. The van der Waals surface area contributed by atoms with Crippen LogP contribution in [0.3, 0.4) is 0 Å². The Hall–Kier alpha value is -0.0800. The van der Waals surface area contributed by atoms with E-state index in [0.29, 0.717) is 0 Å². The van der Waals surface area contributed by atoms with Gasteiger partial charge in [0, 0.05) is 19.1 Å². The van der Waals surface area contributed by atoms with Crippen LogP contribution in [0.4, 0.5) is 0 Å². The first-order valence-corrected chi connectivity index (χ1v) is 7.11. The molecule has 0 spiro atoms. The van der Waals surface area contributed by atoms with Crippen molar-refractivity contribution in [2.75, 3.05) is 26.2 Å². The van der Waals surface area contributed by atoms with Crippen LogP contribution in [0.2, 0.25) is 0 Å². The van der Waals surface area contributed by atoms with Crippen LogP contribution < -0.4 is 5.32 Å². The van der Waals surface area contributed by atoms with Gasteiger partial charge >= 0.3 is 0 Å². The number of nitrogens with one attached hydrogen (secondary N) is 1. The minimum absolute atomic E-state index is 0.733. The molecule has 2 rings (SSSR count). The summed E-state index contributed by atoms with van der Waals surface area (Å²) in [6.07, 6.45) is 4.13. The van der Waals surface area contributed by atoms with E-state index in [1.54, 1.807) is 0 Å². The lowest BCUT2D eigenvalue weighted by Crippen LogP contribution is -2.39. The van der Waals surface area contributed by atoms with Gasteiger partial charge in [-0.25, -0.2) is 0 Å². The van der Waals surface area contributed by atoms with Crippen molar-refractivity contribution in [3.05, 3.63) is 0 Å². The van der Waals surface area contributed by atoms with Gasteiger partial charge < -0.3 is 10.2 Å². The molecule has 2 heteroatoms. The topological polar surface area (TPSA) is 15.3 Å². The van der Waals surface area contributed by atoms with Crippen molar-refractivity contribution in [1.29, 1.82) is 0 Å². The van der Waals surface area contributed by atoms with Gasteiger partial charge in [-0.15, -0.1) is 0 Å². The second-order valence-electron chi connectivity index (χ2n) is 6.37. The molecule has 3 unspecified atom stereocenters. The number of hydrogen-bond donors (Lipinski definition) is 1. The van der Waals surface area contributed by atoms with Crippen LogP contribution in [0, 0.1) is 17.8 Å². The Morgan fingerprint density at radius 2 is 2.12 bits per heavy atom. The number of hydrogen-bond acceptors (Lipinski definition) is 2. The zero-order valence-electron chi connectivity index (χ0n) is 11.2. The first-order chi connectivity index (χ1) is 7.65. The molecule has 0 amide bonds. The highest BCUT2D eigenvalue weighted by molar-refractivity contribution is 4.87. The first-order valence-electron chi connectivity index (χ1n) is 7.11. The molecule has 1 aliphatic heterocycles. The summed E-state index contributed by atoms with van der Waals surface area (Å²) < 4.78 is 0. The third-order valence-corrected chi connectivity index (χ3v) is 4.09. The highest BCUT2D eigenvalue weighted by atomic mass is 15.2. The second kappa shape index (κ2) is 5.50. The number of rotatable bonds is 4. The van der Waals surface area contributed by atoms with E-state index in [1.807, 2.05) is 0 Å². The second-order valence-corrected chi connectivity index (χ2v) is 6.37. The first kappa shape index (κ1) is 12.4. The lowest BCUT2D eigenvalue weighted by molar-refractivity contribution is 0.243. The SMILES string of the molecule is CC(C)CC1CN(CC2CC2C)CCCN1. The normalized spacial score (nSPS) is 36.4. The van der Waals surface area contributed by atoms with Crippen LogP contribution in [-0.2, 0) is 0 Å². The molecule has 94 valence electrons. The van der Waals surface area contributed by atoms with E-state index in [1.165, 1.54) is 45.4 Å². The largest absolute Gasteiger partial charge is 0.313 e. The Morgan fingerprint density at radius 1 is 1.38 bits per heavy atom. The van der Waals surface area contributed by atoms with E-state index >= 15 is 0 Å². The fourth-order valence-electron chi connectivity index (χ4n) is 2.95. The van der Waals surface area contributed by atoms with Gasteiger partial charge in [0.1, 0.15) is 0 Å². The van der Waals surface area contributed by atoms with E-state index in [9.17, 15) is 0 Å². The molecule has 0 aromatic heterocycles. The molecule has 1 heterocycles. The molecule has 1 N–H and O–H groups in total. The average molecular weight is 224 g/mol. The monoisotopic (exact) mass is 224 g/mol. The minimum atomic E-state index is 0.733. The number of nitrogens with zero attached hydrogens (tertiary/aromatic N) is 1. The summed E-state index contributed by atoms with van der Waals surface area (Å²) >= 11 is 0.